The van der Waals surface area contributed by atoms with Gasteiger partial charge in [0, 0.05) is 36.1 Å². The van der Waals surface area contributed by atoms with Gasteiger partial charge in [-0.15, -0.1) is 0 Å². The molecule has 3 unspecified atom stereocenters. The molecule has 2 heterocycles. The van der Waals surface area contributed by atoms with Crippen molar-refractivity contribution in [3.8, 4) is 0 Å². The van der Waals surface area contributed by atoms with Crippen LogP contribution in [-0.2, 0) is 9.84 Å². The minimum atomic E-state index is -2.98. The number of sulfone groups is 1. The molecule has 1 saturated carbocycles. The molecule has 2 fully saturated rings. The van der Waals surface area contributed by atoms with Crippen LogP contribution in [0.3, 0.4) is 0 Å². The highest BCUT2D eigenvalue weighted by molar-refractivity contribution is 7.94. The van der Waals surface area contributed by atoms with Crippen molar-refractivity contribution in [2.24, 2.45) is 11.8 Å². The Kier molecular flexibility index (Phi) is 3.50. The van der Waals surface area contributed by atoms with E-state index in [1.165, 1.54) is 18.2 Å². The van der Waals surface area contributed by atoms with Crippen molar-refractivity contribution in [1.82, 2.24) is 10.2 Å². The molecule has 0 radical (unpaired) electrons. The molecular formula is C15H26N2O2S. The van der Waals surface area contributed by atoms with Crippen LogP contribution in [0, 0.1) is 11.8 Å². The van der Waals surface area contributed by atoms with E-state index in [-0.39, 0.29) is 17.3 Å². The van der Waals surface area contributed by atoms with Crippen LogP contribution in [-0.4, -0.2) is 49.8 Å². The van der Waals surface area contributed by atoms with E-state index < -0.39 is 9.84 Å². The summed E-state index contributed by atoms with van der Waals surface area (Å²) in [5.74, 6) is 1.56. The molecule has 114 valence electrons. The maximum Gasteiger partial charge on any atom is 0.173 e. The summed E-state index contributed by atoms with van der Waals surface area (Å²) in [6.45, 7) is 8.69. The van der Waals surface area contributed by atoms with Gasteiger partial charge in [0.1, 0.15) is 0 Å². The van der Waals surface area contributed by atoms with Gasteiger partial charge in [-0.1, -0.05) is 19.9 Å². The molecule has 1 aliphatic carbocycles. The minimum Gasteiger partial charge on any atom is -0.308 e. The molecule has 1 saturated heterocycles. The molecule has 20 heavy (non-hydrogen) atoms. The van der Waals surface area contributed by atoms with Gasteiger partial charge in [-0.3, -0.25) is 4.90 Å². The van der Waals surface area contributed by atoms with Crippen molar-refractivity contribution in [3.63, 3.8) is 0 Å². The highest BCUT2D eigenvalue weighted by Gasteiger charge is 2.48. The summed E-state index contributed by atoms with van der Waals surface area (Å²) < 4.78 is 23.5. The second-order valence-electron chi connectivity index (χ2n) is 7.28. The molecule has 3 rings (SSSR count). The van der Waals surface area contributed by atoms with Gasteiger partial charge >= 0.3 is 0 Å². The molecule has 0 aromatic rings. The van der Waals surface area contributed by atoms with E-state index in [0.29, 0.717) is 12.0 Å². The number of nitrogens with zero attached hydrogens (tertiary/aromatic N) is 1. The number of rotatable bonds is 3. The zero-order chi connectivity index (χ0) is 14.5. The SMILES string of the molecule is CC(C)C1CNC(C)(C2CC2)CN1C1C=CS(=O)(=O)C1. The monoisotopic (exact) mass is 298 g/mol. The van der Waals surface area contributed by atoms with Gasteiger partial charge < -0.3 is 5.32 Å². The first-order valence-corrected chi connectivity index (χ1v) is 9.44. The zero-order valence-electron chi connectivity index (χ0n) is 12.7. The van der Waals surface area contributed by atoms with E-state index >= 15 is 0 Å². The largest absolute Gasteiger partial charge is 0.308 e. The van der Waals surface area contributed by atoms with Gasteiger partial charge in [-0.25, -0.2) is 8.42 Å². The molecule has 0 aromatic carbocycles. The van der Waals surface area contributed by atoms with Crippen molar-refractivity contribution >= 4 is 9.84 Å². The van der Waals surface area contributed by atoms with E-state index in [9.17, 15) is 8.42 Å². The summed E-state index contributed by atoms with van der Waals surface area (Å²) in [6, 6.07) is 0.484. The Labute approximate surface area is 122 Å². The summed E-state index contributed by atoms with van der Waals surface area (Å²) >= 11 is 0. The standard InChI is InChI=1S/C15H26N2O2S/c1-11(2)14-8-16-15(3,12-4-5-12)10-17(14)13-6-7-20(18,19)9-13/h6-7,11-14,16H,4-5,8-10H2,1-3H3. The summed E-state index contributed by atoms with van der Waals surface area (Å²) in [6.07, 6.45) is 4.51. The van der Waals surface area contributed by atoms with Gasteiger partial charge in [-0.2, -0.15) is 0 Å². The van der Waals surface area contributed by atoms with E-state index in [1.54, 1.807) is 0 Å². The van der Waals surface area contributed by atoms with Crippen LogP contribution < -0.4 is 5.32 Å². The van der Waals surface area contributed by atoms with Crippen molar-refractivity contribution in [2.45, 2.75) is 51.2 Å². The summed E-state index contributed by atoms with van der Waals surface area (Å²) in [7, 11) is -2.98. The fourth-order valence-electron chi connectivity index (χ4n) is 3.75. The molecule has 2 aliphatic heterocycles. The zero-order valence-corrected chi connectivity index (χ0v) is 13.5. The van der Waals surface area contributed by atoms with Gasteiger partial charge in [0.25, 0.3) is 0 Å². The van der Waals surface area contributed by atoms with Gasteiger partial charge in [0.05, 0.1) is 5.75 Å². The van der Waals surface area contributed by atoms with Crippen LogP contribution in [0.2, 0.25) is 0 Å². The topological polar surface area (TPSA) is 49.4 Å². The average Bonchev–Trinajstić information content (AvgIpc) is 3.14. The van der Waals surface area contributed by atoms with Crippen LogP contribution in [0.1, 0.15) is 33.6 Å². The summed E-state index contributed by atoms with van der Waals surface area (Å²) in [5.41, 5.74) is 0.158. The first-order valence-electron chi connectivity index (χ1n) is 7.72. The third-order valence-electron chi connectivity index (χ3n) is 5.24. The molecule has 0 bridgehead atoms. The van der Waals surface area contributed by atoms with Gasteiger partial charge in [0.15, 0.2) is 9.84 Å². The van der Waals surface area contributed by atoms with Crippen molar-refractivity contribution in [3.05, 3.63) is 11.5 Å². The van der Waals surface area contributed by atoms with Crippen molar-refractivity contribution < 1.29 is 8.42 Å². The number of piperazine rings is 1. The lowest BCUT2D eigenvalue weighted by Crippen LogP contribution is -2.67. The van der Waals surface area contributed by atoms with Crippen LogP contribution in [0.5, 0.6) is 0 Å². The van der Waals surface area contributed by atoms with Crippen LogP contribution in [0.4, 0.5) is 0 Å². The van der Waals surface area contributed by atoms with E-state index in [0.717, 1.165) is 19.0 Å². The van der Waals surface area contributed by atoms with E-state index in [1.807, 2.05) is 6.08 Å². The molecule has 0 aromatic heterocycles. The maximum atomic E-state index is 11.7. The molecule has 5 heteroatoms. The van der Waals surface area contributed by atoms with E-state index in [4.69, 9.17) is 0 Å². The van der Waals surface area contributed by atoms with Gasteiger partial charge in [-0.05, 0) is 31.6 Å². The van der Waals surface area contributed by atoms with Crippen LogP contribution in [0.15, 0.2) is 11.5 Å². The fraction of sp³-hybridized carbons (Fsp3) is 0.867. The van der Waals surface area contributed by atoms with Crippen molar-refractivity contribution in [2.75, 3.05) is 18.8 Å². The lowest BCUT2D eigenvalue weighted by atomic mass is 9.87. The first-order chi connectivity index (χ1) is 9.31. The van der Waals surface area contributed by atoms with Gasteiger partial charge in [0.2, 0.25) is 0 Å². The molecule has 1 N–H and O–H groups in total. The predicted octanol–water partition coefficient (Wildman–Crippen LogP) is 1.40. The molecule has 0 amide bonds. The Morgan fingerprint density at radius 3 is 2.55 bits per heavy atom. The smallest absolute Gasteiger partial charge is 0.173 e. The molecule has 3 atom stereocenters. The minimum absolute atomic E-state index is 0.0626. The third kappa shape index (κ3) is 2.68. The fourth-order valence-corrected chi connectivity index (χ4v) is 5.06. The third-order valence-corrected chi connectivity index (χ3v) is 6.62. The Morgan fingerprint density at radius 2 is 2.05 bits per heavy atom. The normalized spacial score (nSPS) is 41.4. The van der Waals surface area contributed by atoms with Crippen molar-refractivity contribution in [1.29, 1.82) is 0 Å². The Balaban J connectivity index is 1.81. The Bertz CT molecular complexity index is 510. The highest BCUT2D eigenvalue weighted by Crippen LogP contribution is 2.42. The van der Waals surface area contributed by atoms with Crippen LogP contribution >= 0.6 is 0 Å². The number of nitrogens with one attached hydrogen (secondary N) is 1. The first kappa shape index (κ1) is 14.5. The molecule has 4 nitrogen and oxygen atoms in total. The summed E-state index contributed by atoms with van der Waals surface area (Å²) in [4.78, 5) is 2.44. The van der Waals surface area contributed by atoms with Crippen LogP contribution in [0.25, 0.3) is 0 Å². The molecule has 0 spiro atoms. The predicted molar refractivity (Wildman–Crippen MR) is 81.2 cm³/mol. The maximum absolute atomic E-state index is 11.7. The Morgan fingerprint density at radius 1 is 1.35 bits per heavy atom. The molecular weight excluding hydrogens is 272 g/mol. The second-order valence-corrected chi connectivity index (χ2v) is 9.21. The number of hydrogen-bond donors (Lipinski definition) is 1. The second kappa shape index (κ2) is 4.82. The lowest BCUT2D eigenvalue weighted by Gasteiger charge is -2.50. The number of hydrogen-bond acceptors (Lipinski definition) is 4. The Hall–Kier alpha value is -0.390. The quantitative estimate of drug-likeness (QED) is 0.855. The molecule has 3 aliphatic rings. The summed E-state index contributed by atoms with van der Waals surface area (Å²) in [5, 5.41) is 5.16. The lowest BCUT2D eigenvalue weighted by molar-refractivity contribution is 0.0385. The highest BCUT2D eigenvalue weighted by atomic mass is 32.2. The average molecular weight is 298 g/mol. The van der Waals surface area contributed by atoms with E-state index in [2.05, 4.69) is 31.0 Å².